The van der Waals surface area contributed by atoms with Crippen LogP contribution in [0.25, 0.3) is 0 Å². The Morgan fingerprint density at radius 2 is 2.00 bits per heavy atom. The number of carbonyl (C=O) groups is 1. The third-order valence-corrected chi connectivity index (χ3v) is 7.11. The molecule has 1 atom stereocenters. The summed E-state index contributed by atoms with van der Waals surface area (Å²) in [6, 6.07) is 5.34. The molecular weight excluding hydrogens is 368 g/mol. The van der Waals surface area contributed by atoms with Crippen LogP contribution < -0.4 is 5.32 Å². The molecule has 0 radical (unpaired) electrons. The Morgan fingerprint density at radius 1 is 1.25 bits per heavy atom. The molecule has 1 aromatic heterocycles. The third-order valence-electron chi connectivity index (χ3n) is 6.47. The Kier molecular flexibility index (Phi) is 8.62. The van der Waals surface area contributed by atoms with E-state index < -0.39 is 0 Å². The second-order valence-electron chi connectivity index (χ2n) is 8.29. The van der Waals surface area contributed by atoms with Crippen LogP contribution in [0.15, 0.2) is 24.5 Å². The van der Waals surface area contributed by atoms with Crippen LogP contribution in [0.1, 0.15) is 44.6 Å². The molecule has 3 rings (SSSR count). The quantitative estimate of drug-likeness (QED) is 0.722. The van der Waals surface area contributed by atoms with Gasteiger partial charge in [-0.25, -0.2) is 0 Å². The van der Waals surface area contributed by atoms with E-state index in [9.17, 15) is 4.79 Å². The molecule has 0 aliphatic carbocycles. The molecule has 5 nitrogen and oxygen atoms in total. The molecule has 2 aliphatic heterocycles. The molecule has 0 bridgehead atoms. The van der Waals surface area contributed by atoms with Crippen molar-refractivity contribution in [2.45, 2.75) is 57.7 Å². The highest BCUT2D eigenvalue weighted by Gasteiger charge is 2.31. The fourth-order valence-electron chi connectivity index (χ4n) is 4.53. The average Bonchev–Trinajstić information content (AvgIpc) is 2.76. The minimum absolute atomic E-state index is 0.166. The van der Waals surface area contributed by atoms with Crippen LogP contribution in [0, 0.1) is 5.92 Å². The van der Waals surface area contributed by atoms with E-state index in [2.05, 4.69) is 33.3 Å². The van der Waals surface area contributed by atoms with Crippen LogP contribution in [0.3, 0.4) is 0 Å². The Bertz CT molecular complexity index is 583. The maximum Gasteiger partial charge on any atom is 0.223 e. The Labute approximate surface area is 174 Å². The lowest BCUT2D eigenvalue weighted by atomic mass is 9.92. The summed E-state index contributed by atoms with van der Waals surface area (Å²) in [5.74, 6) is 1.64. The molecule has 1 aromatic rings. The molecule has 1 unspecified atom stereocenters. The highest BCUT2D eigenvalue weighted by molar-refractivity contribution is 7.98. The molecule has 2 fully saturated rings. The number of piperidine rings is 2. The Hall–Kier alpha value is -1.11. The number of hydrogen-bond acceptors (Lipinski definition) is 5. The number of pyridine rings is 1. The van der Waals surface area contributed by atoms with E-state index in [1.54, 1.807) is 6.20 Å². The number of thioether (sulfide) groups is 1. The van der Waals surface area contributed by atoms with Gasteiger partial charge in [-0.1, -0.05) is 6.07 Å². The second-order valence-corrected chi connectivity index (χ2v) is 9.27. The number of nitrogens with one attached hydrogen (secondary N) is 1. The van der Waals surface area contributed by atoms with Gasteiger partial charge < -0.3 is 15.1 Å². The first-order chi connectivity index (χ1) is 13.7. The molecule has 6 heteroatoms. The number of aromatic nitrogens is 1. The summed E-state index contributed by atoms with van der Waals surface area (Å²) in [5, 5.41) is 3.09. The van der Waals surface area contributed by atoms with E-state index in [1.165, 1.54) is 38.1 Å². The molecule has 1 amide bonds. The van der Waals surface area contributed by atoms with Gasteiger partial charge in [0.25, 0.3) is 0 Å². The van der Waals surface area contributed by atoms with Gasteiger partial charge in [0.2, 0.25) is 5.91 Å². The SMILES string of the molecule is CSCCC(C)N1CCC(N2CCC(C(=O)NCc3cccnc3)CC2)CC1. The number of carbonyl (C=O) groups excluding carboxylic acids is 1. The predicted octanol–water partition coefficient (Wildman–Crippen LogP) is 3.02. The van der Waals surface area contributed by atoms with Crippen molar-refractivity contribution in [1.29, 1.82) is 0 Å². The first-order valence-corrected chi connectivity index (χ1v) is 12.2. The second kappa shape index (κ2) is 11.2. The number of rotatable bonds is 8. The van der Waals surface area contributed by atoms with Gasteiger partial charge in [-0.15, -0.1) is 0 Å². The third kappa shape index (κ3) is 6.19. The van der Waals surface area contributed by atoms with Crippen molar-refractivity contribution in [3.8, 4) is 0 Å². The zero-order valence-corrected chi connectivity index (χ0v) is 18.3. The van der Waals surface area contributed by atoms with E-state index >= 15 is 0 Å². The lowest BCUT2D eigenvalue weighted by Gasteiger charge is -2.43. The topological polar surface area (TPSA) is 48.5 Å². The normalized spacial score (nSPS) is 21.5. The van der Waals surface area contributed by atoms with Crippen molar-refractivity contribution in [2.24, 2.45) is 5.92 Å². The highest BCUT2D eigenvalue weighted by Crippen LogP contribution is 2.25. The van der Waals surface area contributed by atoms with Crippen LogP contribution in [0.2, 0.25) is 0 Å². The fourth-order valence-corrected chi connectivity index (χ4v) is 5.10. The van der Waals surface area contributed by atoms with E-state index in [1.807, 2.05) is 30.1 Å². The molecule has 2 aliphatic rings. The van der Waals surface area contributed by atoms with Crippen LogP contribution in [-0.2, 0) is 11.3 Å². The maximum absolute atomic E-state index is 12.5. The summed E-state index contributed by atoms with van der Waals surface area (Å²) in [6.07, 6.45) is 11.6. The minimum atomic E-state index is 0.166. The van der Waals surface area contributed by atoms with Gasteiger partial charge in [-0.3, -0.25) is 9.78 Å². The van der Waals surface area contributed by atoms with Gasteiger partial charge in [0, 0.05) is 36.9 Å². The molecule has 0 saturated carbocycles. The van der Waals surface area contributed by atoms with E-state index in [0.717, 1.165) is 31.5 Å². The summed E-state index contributed by atoms with van der Waals surface area (Å²) in [7, 11) is 0. The molecule has 0 aromatic carbocycles. The molecule has 3 heterocycles. The summed E-state index contributed by atoms with van der Waals surface area (Å²) >= 11 is 1.95. The zero-order valence-electron chi connectivity index (χ0n) is 17.5. The molecule has 1 N–H and O–H groups in total. The summed E-state index contributed by atoms with van der Waals surface area (Å²) in [5.41, 5.74) is 1.06. The summed E-state index contributed by atoms with van der Waals surface area (Å²) in [6.45, 7) is 7.55. The lowest BCUT2D eigenvalue weighted by Crippen LogP contribution is -2.50. The number of amides is 1. The van der Waals surface area contributed by atoms with Crippen molar-refractivity contribution in [3.63, 3.8) is 0 Å². The molecular formula is C22H36N4OS. The van der Waals surface area contributed by atoms with Crippen molar-refractivity contribution in [2.75, 3.05) is 38.2 Å². The number of nitrogens with zero attached hydrogens (tertiary/aromatic N) is 3. The van der Waals surface area contributed by atoms with Gasteiger partial charge >= 0.3 is 0 Å². The van der Waals surface area contributed by atoms with Crippen molar-refractivity contribution in [3.05, 3.63) is 30.1 Å². The number of hydrogen-bond donors (Lipinski definition) is 1. The van der Waals surface area contributed by atoms with Gasteiger partial charge in [-0.2, -0.15) is 11.8 Å². The minimum Gasteiger partial charge on any atom is -0.352 e. The van der Waals surface area contributed by atoms with E-state index in [4.69, 9.17) is 0 Å². The highest BCUT2D eigenvalue weighted by atomic mass is 32.2. The predicted molar refractivity (Wildman–Crippen MR) is 117 cm³/mol. The summed E-state index contributed by atoms with van der Waals surface area (Å²) in [4.78, 5) is 21.9. The van der Waals surface area contributed by atoms with E-state index in [-0.39, 0.29) is 11.8 Å². The van der Waals surface area contributed by atoms with E-state index in [0.29, 0.717) is 18.6 Å². The smallest absolute Gasteiger partial charge is 0.223 e. The molecule has 156 valence electrons. The maximum atomic E-state index is 12.5. The van der Waals surface area contributed by atoms with Crippen LogP contribution >= 0.6 is 11.8 Å². The fraction of sp³-hybridized carbons (Fsp3) is 0.727. The summed E-state index contributed by atoms with van der Waals surface area (Å²) < 4.78 is 0. The van der Waals surface area contributed by atoms with Gasteiger partial charge in [0.1, 0.15) is 0 Å². The molecule has 0 spiro atoms. The monoisotopic (exact) mass is 404 g/mol. The average molecular weight is 405 g/mol. The van der Waals surface area contributed by atoms with Crippen molar-refractivity contribution >= 4 is 17.7 Å². The largest absolute Gasteiger partial charge is 0.352 e. The van der Waals surface area contributed by atoms with Crippen LogP contribution in [0.4, 0.5) is 0 Å². The first-order valence-electron chi connectivity index (χ1n) is 10.8. The van der Waals surface area contributed by atoms with Gasteiger partial charge in [0.15, 0.2) is 0 Å². The molecule has 2 saturated heterocycles. The van der Waals surface area contributed by atoms with Gasteiger partial charge in [0.05, 0.1) is 0 Å². The van der Waals surface area contributed by atoms with Crippen LogP contribution in [-0.4, -0.2) is 71.0 Å². The lowest BCUT2D eigenvalue weighted by molar-refractivity contribution is -0.126. The number of likely N-dealkylation sites (tertiary alicyclic amines) is 2. The Balaban J connectivity index is 1.35. The Morgan fingerprint density at radius 3 is 2.64 bits per heavy atom. The van der Waals surface area contributed by atoms with Crippen molar-refractivity contribution < 1.29 is 4.79 Å². The zero-order chi connectivity index (χ0) is 19.8. The first kappa shape index (κ1) is 21.6. The van der Waals surface area contributed by atoms with Crippen LogP contribution in [0.5, 0.6) is 0 Å². The van der Waals surface area contributed by atoms with Crippen molar-refractivity contribution in [1.82, 2.24) is 20.1 Å². The van der Waals surface area contributed by atoms with Gasteiger partial charge in [-0.05, 0) is 88.8 Å². The molecule has 28 heavy (non-hydrogen) atoms. The standard InChI is InChI=1S/C22H36N4OS/c1-18(9-15-28-2)25-13-7-21(8-14-25)26-11-5-20(6-12-26)22(27)24-17-19-4-3-10-23-16-19/h3-4,10,16,18,20-21H,5-9,11-15,17H2,1-2H3,(H,24,27).